The van der Waals surface area contributed by atoms with Crippen LogP contribution in [0.15, 0.2) is 24.3 Å². The topological polar surface area (TPSA) is 41.3 Å². The average Bonchev–Trinajstić information content (AvgIpc) is 2.51. The Kier molecular flexibility index (Phi) is 6.87. The Balaban J connectivity index is 1.71. The molecule has 3 N–H and O–H groups in total. The lowest BCUT2D eigenvalue weighted by Crippen LogP contribution is -2.34. The van der Waals surface area contributed by atoms with Crippen molar-refractivity contribution in [2.75, 3.05) is 36.4 Å². The third-order valence-corrected chi connectivity index (χ3v) is 4.35. The zero-order valence-electron chi connectivity index (χ0n) is 13.5. The summed E-state index contributed by atoms with van der Waals surface area (Å²) in [6, 6.07) is 8.95. The van der Waals surface area contributed by atoms with E-state index in [-0.39, 0.29) is 0 Å². The van der Waals surface area contributed by atoms with Crippen molar-refractivity contribution < 1.29 is 0 Å². The summed E-state index contributed by atoms with van der Waals surface area (Å²) >= 11 is 0. The minimum atomic E-state index is 0.823. The molecule has 1 aliphatic heterocycles. The number of unbranched alkanes of at least 4 members (excludes halogenated alkanes) is 3. The quantitative estimate of drug-likeness (QED) is 0.714. The van der Waals surface area contributed by atoms with Gasteiger partial charge in [0.1, 0.15) is 0 Å². The smallest absolute Gasteiger partial charge is 0.0367 e. The molecule has 0 radical (unpaired) electrons. The summed E-state index contributed by atoms with van der Waals surface area (Å²) < 4.78 is 0. The molecule has 3 nitrogen and oxygen atoms in total. The van der Waals surface area contributed by atoms with Crippen molar-refractivity contribution >= 4 is 11.4 Å². The lowest BCUT2D eigenvalue weighted by Gasteiger charge is -2.32. The molecule has 0 saturated carbocycles. The SMILES string of the molecule is CC1CCCN(c2ccc(NCCCCCCN)cc2)C1. The third kappa shape index (κ3) is 5.58. The van der Waals surface area contributed by atoms with Gasteiger partial charge in [-0.1, -0.05) is 19.8 Å². The minimum Gasteiger partial charge on any atom is -0.385 e. The van der Waals surface area contributed by atoms with E-state index in [9.17, 15) is 0 Å². The molecule has 3 heteroatoms. The molecule has 0 spiro atoms. The zero-order chi connectivity index (χ0) is 14.9. The van der Waals surface area contributed by atoms with Crippen LogP contribution in [0.4, 0.5) is 11.4 Å². The van der Waals surface area contributed by atoms with Crippen LogP contribution in [0.1, 0.15) is 45.4 Å². The molecule has 118 valence electrons. The van der Waals surface area contributed by atoms with Crippen molar-refractivity contribution in [2.45, 2.75) is 45.4 Å². The van der Waals surface area contributed by atoms with E-state index >= 15 is 0 Å². The molecule has 1 aromatic rings. The number of nitrogens with one attached hydrogen (secondary N) is 1. The number of benzene rings is 1. The highest BCUT2D eigenvalue weighted by Gasteiger charge is 2.16. The second-order valence-corrected chi connectivity index (χ2v) is 6.37. The summed E-state index contributed by atoms with van der Waals surface area (Å²) in [6.45, 7) is 6.65. The van der Waals surface area contributed by atoms with E-state index in [0.29, 0.717) is 0 Å². The van der Waals surface area contributed by atoms with Gasteiger partial charge < -0.3 is 16.0 Å². The molecule has 1 saturated heterocycles. The van der Waals surface area contributed by atoms with Gasteiger partial charge in [0.2, 0.25) is 0 Å². The summed E-state index contributed by atoms with van der Waals surface area (Å²) in [4.78, 5) is 2.52. The van der Waals surface area contributed by atoms with Gasteiger partial charge in [-0.2, -0.15) is 0 Å². The Morgan fingerprint density at radius 2 is 1.90 bits per heavy atom. The Bertz CT molecular complexity index is 388. The van der Waals surface area contributed by atoms with E-state index in [4.69, 9.17) is 5.73 Å². The van der Waals surface area contributed by atoms with Gasteiger partial charge >= 0.3 is 0 Å². The largest absolute Gasteiger partial charge is 0.385 e. The van der Waals surface area contributed by atoms with Crippen LogP contribution in [0.2, 0.25) is 0 Å². The Morgan fingerprint density at radius 3 is 2.62 bits per heavy atom. The highest BCUT2D eigenvalue weighted by molar-refractivity contribution is 5.55. The minimum absolute atomic E-state index is 0.823. The van der Waals surface area contributed by atoms with Crippen LogP contribution < -0.4 is 16.0 Å². The van der Waals surface area contributed by atoms with Crippen LogP contribution >= 0.6 is 0 Å². The van der Waals surface area contributed by atoms with Gasteiger partial charge in [0.05, 0.1) is 0 Å². The van der Waals surface area contributed by atoms with Gasteiger partial charge in [-0.15, -0.1) is 0 Å². The number of piperidine rings is 1. The summed E-state index contributed by atoms with van der Waals surface area (Å²) in [5.74, 6) is 0.824. The molecule has 1 atom stereocenters. The van der Waals surface area contributed by atoms with Gasteiger partial charge in [0.25, 0.3) is 0 Å². The number of nitrogens with two attached hydrogens (primary N) is 1. The Hall–Kier alpha value is -1.22. The highest BCUT2D eigenvalue weighted by Crippen LogP contribution is 2.24. The number of hydrogen-bond acceptors (Lipinski definition) is 3. The molecule has 1 unspecified atom stereocenters. The van der Waals surface area contributed by atoms with E-state index in [0.717, 1.165) is 25.4 Å². The monoisotopic (exact) mass is 289 g/mol. The summed E-state index contributed by atoms with van der Waals surface area (Å²) in [6.07, 6.45) is 7.61. The molecule has 21 heavy (non-hydrogen) atoms. The fourth-order valence-corrected chi connectivity index (χ4v) is 3.07. The molecule has 1 fully saturated rings. The standard InChI is InChI=1S/C18H31N3/c1-16-7-6-14-21(15-16)18-10-8-17(9-11-18)20-13-5-3-2-4-12-19/h8-11,16,20H,2-7,12-15,19H2,1H3. The lowest BCUT2D eigenvalue weighted by atomic mass is 10.00. The number of rotatable bonds is 8. The molecule has 0 bridgehead atoms. The van der Waals surface area contributed by atoms with Gasteiger partial charge in [0.15, 0.2) is 0 Å². The van der Waals surface area contributed by atoms with Crippen molar-refractivity contribution in [3.8, 4) is 0 Å². The van der Waals surface area contributed by atoms with Gasteiger partial charge in [-0.25, -0.2) is 0 Å². The average molecular weight is 289 g/mol. The normalized spacial score (nSPS) is 18.8. The van der Waals surface area contributed by atoms with Crippen molar-refractivity contribution in [3.05, 3.63) is 24.3 Å². The van der Waals surface area contributed by atoms with Crippen molar-refractivity contribution in [2.24, 2.45) is 11.7 Å². The fraction of sp³-hybridized carbons (Fsp3) is 0.667. The van der Waals surface area contributed by atoms with Crippen molar-refractivity contribution in [1.82, 2.24) is 0 Å². The first kappa shape index (κ1) is 16.2. The first-order valence-corrected chi connectivity index (χ1v) is 8.58. The molecule has 0 aromatic heterocycles. The predicted octanol–water partition coefficient (Wildman–Crippen LogP) is 3.85. The van der Waals surface area contributed by atoms with E-state index in [1.807, 2.05) is 0 Å². The second-order valence-electron chi connectivity index (χ2n) is 6.37. The lowest BCUT2D eigenvalue weighted by molar-refractivity contribution is 0.447. The van der Waals surface area contributed by atoms with E-state index in [1.54, 1.807) is 0 Å². The molecule has 2 rings (SSSR count). The molecule has 0 amide bonds. The maximum Gasteiger partial charge on any atom is 0.0367 e. The van der Waals surface area contributed by atoms with Crippen LogP contribution in [0.3, 0.4) is 0 Å². The molecular weight excluding hydrogens is 258 g/mol. The van der Waals surface area contributed by atoms with Crippen LogP contribution in [0, 0.1) is 5.92 Å². The predicted molar refractivity (Wildman–Crippen MR) is 93.1 cm³/mol. The summed E-state index contributed by atoms with van der Waals surface area (Å²) in [5.41, 5.74) is 8.11. The van der Waals surface area contributed by atoms with Gasteiger partial charge in [-0.3, -0.25) is 0 Å². The molecule has 1 aliphatic rings. The number of anilines is 2. The molecular formula is C18H31N3. The second kappa shape index (κ2) is 8.93. The van der Waals surface area contributed by atoms with Crippen LogP contribution in [-0.2, 0) is 0 Å². The zero-order valence-corrected chi connectivity index (χ0v) is 13.5. The van der Waals surface area contributed by atoms with Crippen molar-refractivity contribution in [3.63, 3.8) is 0 Å². The van der Waals surface area contributed by atoms with Crippen LogP contribution in [-0.4, -0.2) is 26.2 Å². The summed E-state index contributed by atoms with van der Waals surface area (Å²) in [7, 11) is 0. The molecule has 0 aliphatic carbocycles. The first-order chi connectivity index (χ1) is 10.3. The maximum absolute atomic E-state index is 5.50. The number of nitrogens with zero attached hydrogens (tertiary/aromatic N) is 1. The highest BCUT2D eigenvalue weighted by atomic mass is 15.1. The Morgan fingerprint density at radius 1 is 1.14 bits per heavy atom. The van der Waals surface area contributed by atoms with Crippen LogP contribution in [0.5, 0.6) is 0 Å². The van der Waals surface area contributed by atoms with Crippen LogP contribution in [0.25, 0.3) is 0 Å². The van der Waals surface area contributed by atoms with Gasteiger partial charge in [-0.05, 0) is 62.4 Å². The van der Waals surface area contributed by atoms with E-state index < -0.39 is 0 Å². The summed E-state index contributed by atoms with van der Waals surface area (Å²) in [5, 5.41) is 3.51. The van der Waals surface area contributed by atoms with Gasteiger partial charge in [0, 0.05) is 31.0 Å². The third-order valence-electron chi connectivity index (χ3n) is 4.35. The maximum atomic E-state index is 5.50. The van der Waals surface area contributed by atoms with Crippen molar-refractivity contribution in [1.29, 1.82) is 0 Å². The molecule has 1 aromatic carbocycles. The Labute approximate surface area is 129 Å². The molecule has 1 heterocycles. The number of hydrogen-bond donors (Lipinski definition) is 2. The fourth-order valence-electron chi connectivity index (χ4n) is 3.07. The van der Waals surface area contributed by atoms with E-state index in [2.05, 4.69) is 41.4 Å². The van der Waals surface area contributed by atoms with E-state index in [1.165, 1.54) is 56.6 Å². The first-order valence-electron chi connectivity index (χ1n) is 8.58.